The molecule has 8 heteroatoms. The predicted octanol–water partition coefficient (Wildman–Crippen LogP) is 3.97. The molecule has 2 aromatic carbocycles. The topological polar surface area (TPSA) is 86.7 Å². The Balaban J connectivity index is 1.69. The first-order valence-electron chi connectivity index (χ1n) is 7.61. The zero-order valence-corrected chi connectivity index (χ0v) is 15.5. The van der Waals surface area contributed by atoms with Crippen molar-refractivity contribution in [3.8, 4) is 5.75 Å². The Labute approximate surface area is 161 Å². The smallest absolute Gasteiger partial charge is 0.298 e. The summed E-state index contributed by atoms with van der Waals surface area (Å²) in [6.07, 6.45) is 1.52. The molecule has 2 aliphatic heterocycles. The number of phenols is 1. The molecule has 2 aliphatic rings. The van der Waals surface area contributed by atoms with Crippen LogP contribution in [0.25, 0.3) is 0 Å². The van der Waals surface area contributed by atoms with Crippen LogP contribution in [0.15, 0.2) is 57.9 Å². The molecule has 0 aromatic heterocycles. The fourth-order valence-electron chi connectivity index (χ4n) is 2.91. The molecular weight excluding hydrogens is 420 g/mol. The van der Waals surface area contributed by atoms with Gasteiger partial charge in [0, 0.05) is 16.2 Å². The van der Waals surface area contributed by atoms with Crippen LogP contribution in [-0.2, 0) is 9.59 Å². The summed E-state index contributed by atoms with van der Waals surface area (Å²) in [6, 6.07) is 11.3. The molecule has 0 radical (unpaired) electrons. The van der Waals surface area contributed by atoms with Crippen LogP contribution in [0, 0.1) is 0 Å². The van der Waals surface area contributed by atoms with Crippen molar-refractivity contribution in [2.75, 3.05) is 10.2 Å². The fourth-order valence-corrected chi connectivity index (χ4v) is 4.14. The number of hydrogen-bond acceptors (Lipinski definition) is 5. The van der Waals surface area contributed by atoms with Crippen LogP contribution < -0.4 is 10.2 Å². The number of fused-ring (bicyclic) bond motifs is 1. The third-order valence-electron chi connectivity index (χ3n) is 4.09. The number of thioether (sulfide) groups is 1. The minimum absolute atomic E-state index is 0.0422. The molecule has 1 atom stereocenters. The van der Waals surface area contributed by atoms with Crippen LogP contribution in [-0.4, -0.2) is 22.2 Å². The number of benzene rings is 2. The molecule has 1 saturated heterocycles. The lowest BCUT2D eigenvalue weighted by molar-refractivity contribution is -0.116. The second-order valence-electron chi connectivity index (χ2n) is 5.76. The van der Waals surface area contributed by atoms with E-state index in [0.717, 1.165) is 26.7 Å². The summed E-state index contributed by atoms with van der Waals surface area (Å²) in [4.78, 5) is 38.5. The van der Waals surface area contributed by atoms with Gasteiger partial charge in [-0.3, -0.25) is 14.4 Å². The van der Waals surface area contributed by atoms with E-state index in [1.165, 1.54) is 18.2 Å². The number of nitrogens with one attached hydrogen (secondary N) is 1. The summed E-state index contributed by atoms with van der Waals surface area (Å²) in [5, 5.41) is 11.9. The monoisotopic (exact) mass is 430 g/mol. The number of carbonyl (C=O) groups excluding carboxylic acids is 3. The first-order chi connectivity index (χ1) is 12.4. The van der Waals surface area contributed by atoms with Crippen LogP contribution >= 0.6 is 27.7 Å². The lowest BCUT2D eigenvalue weighted by atomic mass is 10.00. The summed E-state index contributed by atoms with van der Waals surface area (Å²) in [7, 11) is 0. The van der Waals surface area contributed by atoms with Crippen molar-refractivity contribution in [1.29, 1.82) is 0 Å². The van der Waals surface area contributed by atoms with Gasteiger partial charge in [0.05, 0.1) is 16.5 Å². The van der Waals surface area contributed by atoms with Gasteiger partial charge in [-0.15, -0.1) is 0 Å². The van der Waals surface area contributed by atoms with E-state index in [1.807, 2.05) is 12.1 Å². The Bertz CT molecular complexity index is 1000. The minimum Gasteiger partial charge on any atom is -0.508 e. The fraction of sp³-hybridized carbons (Fsp3) is 0.0556. The summed E-state index contributed by atoms with van der Waals surface area (Å²) in [5.41, 5.74) is 1.72. The quantitative estimate of drug-likeness (QED) is 0.703. The minimum atomic E-state index is -0.647. The van der Waals surface area contributed by atoms with E-state index in [1.54, 1.807) is 18.2 Å². The Morgan fingerprint density at radius 2 is 1.96 bits per heavy atom. The van der Waals surface area contributed by atoms with Gasteiger partial charge in [-0.05, 0) is 53.7 Å². The maximum absolute atomic E-state index is 12.7. The average Bonchev–Trinajstić information content (AvgIpc) is 3.04. The normalized spacial score (nSPS) is 20.7. The average molecular weight is 431 g/mol. The van der Waals surface area contributed by atoms with E-state index in [4.69, 9.17) is 0 Å². The Morgan fingerprint density at radius 3 is 2.73 bits per heavy atom. The van der Waals surface area contributed by atoms with Crippen molar-refractivity contribution in [3.63, 3.8) is 0 Å². The highest BCUT2D eigenvalue weighted by Gasteiger charge is 2.39. The SMILES string of the molecule is O=C1Nc2ccc(Br)cc2[C@@H]1/C=C1\SC(=O)N(c2cccc(O)c2)C1=O. The number of aromatic hydroxyl groups is 1. The molecule has 0 saturated carbocycles. The van der Waals surface area contributed by atoms with Crippen molar-refractivity contribution in [2.45, 2.75) is 5.92 Å². The van der Waals surface area contributed by atoms with E-state index in [2.05, 4.69) is 21.2 Å². The lowest BCUT2D eigenvalue weighted by Crippen LogP contribution is -2.27. The molecule has 2 N–H and O–H groups in total. The Hall–Kier alpha value is -2.58. The maximum Gasteiger partial charge on any atom is 0.298 e. The first kappa shape index (κ1) is 16.9. The number of carbonyl (C=O) groups is 3. The largest absolute Gasteiger partial charge is 0.508 e. The third kappa shape index (κ3) is 2.81. The van der Waals surface area contributed by atoms with Gasteiger partial charge in [0.2, 0.25) is 5.91 Å². The number of halogens is 1. The molecule has 0 unspecified atom stereocenters. The van der Waals surface area contributed by atoms with Crippen LogP contribution in [0.5, 0.6) is 5.75 Å². The molecule has 4 rings (SSSR count). The maximum atomic E-state index is 12.7. The van der Waals surface area contributed by atoms with Gasteiger partial charge in [0.25, 0.3) is 11.1 Å². The molecule has 2 aromatic rings. The third-order valence-corrected chi connectivity index (χ3v) is 5.47. The molecule has 0 aliphatic carbocycles. The molecule has 130 valence electrons. The van der Waals surface area contributed by atoms with E-state index >= 15 is 0 Å². The molecule has 1 fully saturated rings. The molecule has 6 nitrogen and oxygen atoms in total. The summed E-state index contributed by atoms with van der Waals surface area (Å²) in [6.45, 7) is 0. The zero-order valence-electron chi connectivity index (χ0n) is 13.1. The highest BCUT2D eigenvalue weighted by atomic mass is 79.9. The number of anilines is 2. The van der Waals surface area contributed by atoms with Crippen molar-refractivity contribution < 1.29 is 19.5 Å². The summed E-state index contributed by atoms with van der Waals surface area (Å²) < 4.78 is 0.819. The van der Waals surface area contributed by atoms with Crippen molar-refractivity contribution >= 4 is 56.1 Å². The number of amides is 3. The lowest BCUT2D eigenvalue weighted by Gasteiger charge is -2.12. The number of imide groups is 1. The number of phenolic OH excluding ortho intramolecular Hbond substituents is 1. The van der Waals surface area contributed by atoms with E-state index in [0.29, 0.717) is 5.69 Å². The van der Waals surface area contributed by atoms with Gasteiger partial charge < -0.3 is 10.4 Å². The summed E-state index contributed by atoms with van der Waals surface area (Å²) >= 11 is 4.15. The Kier molecular flexibility index (Phi) is 4.08. The zero-order chi connectivity index (χ0) is 18.4. The van der Waals surface area contributed by atoms with Crippen molar-refractivity contribution in [3.05, 3.63) is 63.5 Å². The number of hydrogen-bond donors (Lipinski definition) is 2. The first-order valence-corrected chi connectivity index (χ1v) is 9.22. The van der Waals surface area contributed by atoms with Gasteiger partial charge in [-0.2, -0.15) is 0 Å². The molecule has 3 amide bonds. The molecule has 2 heterocycles. The van der Waals surface area contributed by atoms with E-state index in [-0.39, 0.29) is 22.2 Å². The van der Waals surface area contributed by atoms with Crippen LogP contribution in [0.3, 0.4) is 0 Å². The standard InChI is InChI=1S/C18H11BrN2O4S/c19-9-4-5-14-12(6-9)13(16(23)20-14)8-15-17(24)21(18(25)26-15)10-2-1-3-11(22)7-10/h1-8,13,22H,(H,20,23)/b15-8-/t13-/m0/s1. The van der Waals surface area contributed by atoms with E-state index in [9.17, 15) is 19.5 Å². The second-order valence-corrected chi connectivity index (χ2v) is 7.67. The van der Waals surface area contributed by atoms with Crippen molar-refractivity contribution in [1.82, 2.24) is 0 Å². The molecular formula is C18H11BrN2O4S. The molecule has 0 spiro atoms. The van der Waals surface area contributed by atoms with Crippen LogP contribution in [0.1, 0.15) is 11.5 Å². The predicted molar refractivity (Wildman–Crippen MR) is 102 cm³/mol. The molecule has 0 bridgehead atoms. The molecule has 26 heavy (non-hydrogen) atoms. The van der Waals surface area contributed by atoms with Crippen LogP contribution in [0.4, 0.5) is 16.2 Å². The van der Waals surface area contributed by atoms with E-state index < -0.39 is 17.1 Å². The van der Waals surface area contributed by atoms with Gasteiger partial charge >= 0.3 is 0 Å². The Morgan fingerprint density at radius 1 is 1.15 bits per heavy atom. The van der Waals surface area contributed by atoms with Gasteiger partial charge in [-0.1, -0.05) is 22.0 Å². The van der Waals surface area contributed by atoms with Gasteiger partial charge in [0.15, 0.2) is 0 Å². The van der Waals surface area contributed by atoms with Crippen molar-refractivity contribution in [2.24, 2.45) is 0 Å². The highest BCUT2D eigenvalue weighted by molar-refractivity contribution is 9.10. The van der Waals surface area contributed by atoms with Crippen LogP contribution in [0.2, 0.25) is 0 Å². The number of rotatable bonds is 2. The highest BCUT2D eigenvalue weighted by Crippen LogP contribution is 2.41. The van der Waals surface area contributed by atoms with Gasteiger partial charge in [-0.25, -0.2) is 4.90 Å². The van der Waals surface area contributed by atoms with Gasteiger partial charge in [0.1, 0.15) is 5.75 Å². The summed E-state index contributed by atoms with van der Waals surface area (Å²) in [5.74, 6) is -1.45. The second kappa shape index (κ2) is 6.30. The number of nitrogens with zero attached hydrogens (tertiary/aromatic N) is 1.